The van der Waals surface area contributed by atoms with Crippen LogP contribution in [-0.4, -0.2) is 34.7 Å². The summed E-state index contributed by atoms with van der Waals surface area (Å²) in [6, 6.07) is 32.9. The maximum atomic E-state index is 13.7. The van der Waals surface area contributed by atoms with Crippen molar-refractivity contribution in [1.29, 1.82) is 0 Å². The number of carbonyl (C=O) groups excluding carboxylic acids is 2. The molecule has 4 aromatic carbocycles. The molecule has 2 heterocycles. The van der Waals surface area contributed by atoms with Crippen molar-refractivity contribution in [2.45, 2.75) is 13.5 Å². The van der Waals surface area contributed by atoms with Crippen LogP contribution in [-0.2, 0) is 16.1 Å². The summed E-state index contributed by atoms with van der Waals surface area (Å²) in [7, 11) is 0. The van der Waals surface area contributed by atoms with Crippen molar-refractivity contribution in [3.63, 3.8) is 0 Å². The van der Waals surface area contributed by atoms with Gasteiger partial charge in [-0.25, -0.2) is 0 Å². The largest absolute Gasteiger partial charge is 0.483 e. The van der Waals surface area contributed by atoms with Crippen LogP contribution < -0.4 is 14.8 Å². The molecule has 48 heavy (non-hydrogen) atoms. The number of nitrogens with zero attached hydrogens (tertiary/aromatic N) is 3. The minimum atomic E-state index is -0.326. The number of anilines is 1. The average Bonchev–Trinajstić information content (AvgIpc) is 3.70. The summed E-state index contributed by atoms with van der Waals surface area (Å²) in [6.45, 7) is 1.89. The Kier molecular flexibility index (Phi) is 10.3. The lowest BCUT2D eigenvalue weighted by Gasteiger charge is -2.13. The second kappa shape index (κ2) is 15.3. The van der Waals surface area contributed by atoms with Crippen molar-refractivity contribution < 1.29 is 23.5 Å². The van der Waals surface area contributed by atoms with Gasteiger partial charge >= 0.3 is 0 Å². The first kappa shape index (κ1) is 32.4. The third-order valence-corrected chi connectivity index (χ3v) is 8.15. The van der Waals surface area contributed by atoms with Gasteiger partial charge in [-0.3, -0.25) is 14.5 Å². The zero-order chi connectivity index (χ0) is 33.3. The molecule has 1 aromatic heterocycles. The van der Waals surface area contributed by atoms with Crippen molar-refractivity contribution in [1.82, 2.24) is 4.90 Å². The van der Waals surface area contributed by atoms with Crippen LogP contribution in [0, 0.1) is 6.92 Å². The first-order valence-electron chi connectivity index (χ1n) is 14.9. The number of furan rings is 1. The van der Waals surface area contributed by atoms with Gasteiger partial charge in [0.15, 0.2) is 11.8 Å². The van der Waals surface area contributed by atoms with Crippen LogP contribution in [0.2, 0.25) is 5.02 Å². The van der Waals surface area contributed by atoms with Crippen molar-refractivity contribution in [3.05, 3.63) is 148 Å². The second-order valence-electron chi connectivity index (χ2n) is 10.6. The molecule has 0 aliphatic carbocycles. The van der Waals surface area contributed by atoms with Gasteiger partial charge in [0.25, 0.3) is 11.8 Å². The van der Waals surface area contributed by atoms with Crippen LogP contribution >= 0.6 is 23.4 Å². The lowest BCUT2D eigenvalue weighted by molar-refractivity contribution is -0.122. The third kappa shape index (κ3) is 8.61. The first-order chi connectivity index (χ1) is 23.4. The Balaban J connectivity index is 1.20. The molecule has 5 aromatic rings. The Morgan fingerprint density at radius 3 is 2.56 bits per heavy atom. The maximum absolute atomic E-state index is 13.7. The molecular formula is C37H29ClN4O5S. The van der Waals surface area contributed by atoms with Crippen molar-refractivity contribution in [3.8, 4) is 17.2 Å². The van der Waals surface area contributed by atoms with E-state index >= 15 is 0 Å². The third-order valence-electron chi connectivity index (χ3n) is 6.92. The van der Waals surface area contributed by atoms with Gasteiger partial charge in [-0.05, 0) is 97.1 Å². The van der Waals surface area contributed by atoms with Crippen molar-refractivity contribution in [2.75, 3.05) is 11.9 Å². The molecule has 1 saturated heterocycles. The summed E-state index contributed by atoms with van der Waals surface area (Å²) in [4.78, 5) is 28.1. The number of halogens is 1. The Bertz CT molecular complexity index is 1990. The lowest BCUT2D eigenvalue weighted by Crippen LogP contribution is -2.28. The van der Waals surface area contributed by atoms with Crippen LogP contribution in [0.1, 0.15) is 22.5 Å². The number of hydrogen-bond donors (Lipinski definition) is 1. The molecule has 0 radical (unpaired) electrons. The summed E-state index contributed by atoms with van der Waals surface area (Å²) < 4.78 is 17.3. The molecule has 6 rings (SSSR count). The standard InChI is InChI=1S/C37H29ClN4O5S/c1-25-12-15-29(16-13-25)40-35(43)24-46-33-17-14-28(38)20-27(33)21-34-36(44)42(23-32-11-6-18-45-32)37(48-34)41-39-22-26-7-5-10-31(19-26)47-30-8-3-2-4-9-30/h2-22H,23-24H2,1H3,(H,40,43)/b34-21-,39-22+,41-37-. The molecule has 1 N–H and O–H groups in total. The number of amidine groups is 1. The number of aryl methyl sites for hydroxylation is 1. The second-order valence-corrected chi connectivity index (χ2v) is 12.0. The quantitative estimate of drug-likeness (QED) is 0.0854. The number of thioether (sulfide) groups is 1. The highest BCUT2D eigenvalue weighted by Crippen LogP contribution is 2.36. The fourth-order valence-electron chi connectivity index (χ4n) is 4.59. The maximum Gasteiger partial charge on any atom is 0.267 e. The number of nitrogens with one attached hydrogen (secondary N) is 1. The average molecular weight is 677 g/mol. The van der Waals surface area contributed by atoms with Crippen LogP contribution in [0.15, 0.2) is 135 Å². The van der Waals surface area contributed by atoms with Crippen LogP contribution in [0.4, 0.5) is 5.69 Å². The van der Waals surface area contributed by atoms with E-state index in [9.17, 15) is 9.59 Å². The SMILES string of the molecule is Cc1ccc(NC(=O)COc2ccc(Cl)cc2/C=C2\S/C(=N\N=C\c3cccc(Oc4ccccc4)c3)N(Cc3ccco3)C2=O)cc1. The number of benzene rings is 4. The predicted octanol–water partition coefficient (Wildman–Crippen LogP) is 8.56. The topological polar surface area (TPSA) is 106 Å². The van der Waals surface area contributed by atoms with Gasteiger partial charge in [0.05, 0.1) is 23.9 Å². The van der Waals surface area contributed by atoms with E-state index in [1.807, 2.05) is 85.8 Å². The molecule has 9 nitrogen and oxygen atoms in total. The summed E-state index contributed by atoms with van der Waals surface area (Å²) in [5.74, 6) is 1.72. The summed E-state index contributed by atoms with van der Waals surface area (Å²) in [5.41, 5.74) is 3.05. The monoisotopic (exact) mass is 676 g/mol. The van der Waals surface area contributed by atoms with Gasteiger partial charge in [0.1, 0.15) is 23.0 Å². The number of ether oxygens (including phenoxy) is 2. The van der Waals surface area contributed by atoms with Gasteiger partial charge in [-0.15, -0.1) is 5.10 Å². The number of hydrogen-bond acceptors (Lipinski definition) is 8. The molecule has 0 bridgehead atoms. The molecule has 240 valence electrons. The molecule has 0 unspecified atom stereocenters. The fourth-order valence-corrected chi connectivity index (χ4v) is 5.70. The van der Waals surface area contributed by atoms with Crippen molar-refractivity contribution >= 4 is 58.3 Å². The number of para-hydroxylation sites is 1. The molecule has 1 fully saturated rings. The summed E-state index contributed by atoms with van der Waals surface area (Å²) in [5, 5.41) is 12.3. The van der Waals surface area contributed by atoms with E-state index < -0.39 is 0 Å². The van der Waals surface area contributed by atoms with Crippen LogP contribution in [0.25, 0.3) is 6.08 Å². The van der Waals surface area contributed by atoms with Gasteiger partial charge < -0.3 is 19.2 Å². The molecule has 2 amide bonds. The zero-order valence-corrected chi connectivity index (χ0v) is 27.3. The van der Waals surface area contributed by atoms with E-state index in [0.717, 1.165) is 28.6 Å². The smallest absolute Gasteiger partial charge is 0.267 e. The normalized spacial score (nSPS) is 14.6. The molecule has 0 saturated carbocycles. The predicted molar refractivity (Wildman–Crippen MR) is 190 cm³/mol. The Labute approximate surface area is 286 Å². The van der Waals surface area contributed by atoms with Crippen LogP contribution in [0.3, 0.4) is 0 Å². The highest BCUT2D eigenvalue weighted by Gasteiger charge is 2.34. The Morgan fingerprint density at radius 1 is 0.958 bits per heavy atom. The molecule has 1 aliphatic rings. The zero-order valence-electron chi connectivity index (χ0n) is 25.7. The number of amides is 2. The molecular weight excluding hydrogens is 648 g/mol. The first-order valence-corrected chi connectivity index (χ1v) is 16.1. The van der Waals surface area contributed by atoms with Gasteiger partial charge in [-0.2, -0.15) is 5.10 Å². The minimum absolute atomic E-state index is 0.156. The lowest BCUT2D eigenvalue weighted by atomic mass is 10.2. The van der Waals surface area contributed by atoms with E-state index in [1.165, 1.54) is 4.90 Å². The number of rotatable bonds is 11. The van der Waals surface area contributed by atoms with E-state index in [-0.39, 0.29) is 25.0 Å². The molecule has 11 heteroatoms. The number of carbonyl (C=O) groups is 2. The highest BCUT2D eigenvalue weighted by molar-refractivity contribution is 8.18. The van der Waals surface area contributed by atoms with E-state index in [2.05, 4.69) is 15.5 Å². The van der Waals surface area contributed by atoms with E-state index in [0.29, 0.717) is 43.6 Å². The fraction of sp³-hybridized carbons (Fsp3) is 0.0811. The molecule has 1 aliphatic heterocycles. The van der Waals surface area contributed by atoms with Gasteiger partial charge in [0, 0.05) is 16.3 Å². The molecule has 0 atom stereocenters. The summed E-state index contributed by atoms with van der Waals surface area (Å²) in [6.07, 6.45) is 4.80. The summed E-state index contributed by atoms with van der Waals surface area (Å²) >= 11 is 7.48. The Morgan fingerprint density at radius 2 is 1.77 bits per heavy atom. The van der Waals surface area contributed by atoms with Crippen LogP contribution in [0.5, 0.6) is 17.2 Å². The van der Waals surface area contributed by atoms with E-state index in [1.54, 1.807) is 48.9 Å². The van der Waals surface area contributed by atoms with Gasteiger partial charge in [-0.1, -0.05) is 59.6 Å². The van der Waals surface area contributed by atoms with Crippen molar-refractivity contribution in [2.24, 2.45) is 10.2 Å². The minimum Gasteiger partial charge on any atom is -0.483 e. The Hall–Kier alpha value is -5.58. The highest BCUT2D eigenvalue weighted by atomic mass is 35.5. The molecule has 0 spiro atoms. The van der Waals surface area contributed by atoms with Gasteiger partial charge in [0.2, 0.25) is 0 Å². The van der Waals surface area contributed by atoms with E-state index in [4.69, 9.17) is 25.5 Å².